The molecule has 0 aliphatic rings. The molecule has 0 atom stereocenters. The van der Waals surface area contributed by atoms with Crippen LogP contribution in [0.4, 0.5) is 5.82 Å². The molecular formula is C14H18N4O. The predicted octanol–water partition coefficient (Wildman–Crippen LogP) is 2.36. The van der Waals surface area contributed by atoms with Crippen molar-refractivity contribution in [1.82, 2.24) is 14.8 Å². The molecule has 2 aromatic heterocycles. The van der Waals surface area contributed by atoms with E-state index in [4.69, 9.17) is 0 Å². The summed E-state index contributed by atoms with van der Waals surface area (Å²) in [5.74, 6) is 0.496. The Kier molecular flexibility index (Phi) is 3.38. The highest BCUT2D eigenvalue weighted by molar-refractivity contribution is 6.03. The molecule has 2 heterocycles. The van der Waals surface area contributed by atoms with Crippen molar-refractivity contribution in [3.8, 4) is 0 Å². The van der Waals surface area contributed by atoms with Gasteiger partial charge in [0.25, 0.3) is 5.91 Å². The minimum Gasteiger partial charge on any atom is -0.307 e. The third-order valence-corrected chi connectivity index (χ3v) is 2.81. The molecule has 0 saturated carbocycles. The maximum absolute atomic E-state index is 12.0. The highest BCUT2D eigenvalue weighted by Gasteiger charge is 2.19. The van der Waals surface area contributed by atoms with Gasteiger partial charge in [-0.2, -0.15) is 5.10 Å². The summed E-state index contributed by atoms with van der Waals surface area (Å²) in [7, 11) is 1.81. The minimum absolute atomic E-state index is 0.0466. The fourth-order valence-electron chi connectivity index (χ4n) is 1.64. The highest BCUT2D eigenvalue weighted by Crippen LogP contribution is 2.23. The van der Waals surface area contributed by atoms with Gasteiger partial charge in [-0.25, -0.2) is 0 Å². The van der Waals surface area contributed by atoms with Gasteiger partial charge in [0.1, 0.15) is 5.82 Å². The first kappa shape index (κ1) is 13.3. The number of anilines is 1. The topological polar surface area (TPSA) is 59.8 Å². The molecule has 5 heteroatoms. The van der Waals surface area contributed by atoms with Crippen molar-refractivity contribution in [2.45, 2.75) is 26.2 Å². The van der Waals surface area contributed by atoms with Crippen molar-refractivity contribution in [3.05, 3.63) is 41.9 Å². The molecule has 1 N–H and O–H groups in total. The molecule has 5 nitrogen and oxygen atoms in total. The molecule has 0 aliphatic carbocycles. The number of aromatic nitrogens is 3. The van der Waals surface area contributed by atoms with E-state index >= 15 is 0 Å². The standard InChI is InChI=1S/C14H18N4O/c1-14(2,3)11-8-12(18(4)17-11)16-13(19)10-6-5-7-15-9-10/h5-9H,1-4H3,(H,16,19). The number of nitrogens with one attached hydrogen (secondary N) is 1. The Balaban J connectivity index is 2.21. The summed E-state index contributed by atoms with van der Waals surface area (Å²) in [6.45, 7) is 6.26. The Labute approximate surface area is 112 Å². The monoisotopic (exact) mass is 258 g/mol. The summed E-state index contributed by atoms with van der Waals surface area (Å²) in [6.07, 6.45) is 3.18. The van der Waals surface area contributed by atoms with Crippen LogP contribution in [0.2, 0.25) is 0 Å². The highest BCUT2D eigenvalue weighted by atomic mass is 16.1. The van der Waals surface area contributed by atoms with Gasteiger partial charge in [0.2, 0.25) is 0 Å². The predicted molar refractivity (Wildman–Crippen MR) is 74.1 cm³/mol. The van der Waals surface area contributed by atoms with Crippen LogP contribution in [0.3, 0.4) is 0 Å². The molecule has 0 spiro atoms. The summed E-state index contributed by atoms with van der Waals surface area (Å²) >= 11 is 0. The van der Waals surface area contributed by atoms with Gasteiger partial charge < -0.3 is 5.32 Å². The van der Waals surface area contributed by atoms with Crippen molar-refractivity contribution in [2.75, 3.05) is 5.32 Å². The van der Waals surface area contributed by atoms with Gasteiger partial charge in [0, 0.05) is 30.9 Å². The van der Waals surface area contributed by atoms with Crippen molar-refractivity contribution in [2.24, 2.45) is 7.05 Å². The zero-order valence-corrected chi connectivity index (χ0v) is 11.6. The number of rotatable bonds is 2. The molecule has 0 fully saturated rings. The van der Waals surface area contributed by atoms with E-state index in [0.717, 1.165) is 5.69 Å². The Morgan fingerprint density at radius 3 is 2.63 bits per heavy atom. The molecule has 100 valence electrons. The molecule has 2 rings (SSSR count). The lowest BCUT2D eigenvalue weighted by atomic mass is 9.92. The third-order valence-electron chi connectivity index (χ3n) is 2.81. The van der Waals surface area contributed by atoms with E-state index in [-0.39, 0.29) is 11.3 Å². The lowest BCUT2D eigenvalue weighted by molar-refractivity contribution is 0.102. The second-order valence-electron chi connectivity index (χ2n) is 5.48. The van der Waals surface area contributed by atoms with Crippen LogP contribution in [0, 0.1) is 0 Å². The number of nitrogens with zero attached hydrogens (tertiary/aromatic N) is 3. The fourth-order valence-corrected chi connectivity index (χ4v) is 1.64. The van der Waals surface area contributed by atoms with E-state index in [0.29, 0.717) is 11.4 Å². The molecule has 0 radical (unpaired) electrons. The van der Waals surface area contributed by atoms with Gasteiger partial charge in [0.15, 0.2) is 0 Å². The zero-order valence-electron chi connectivity index (χ0n) is 11.6. The Bertz CT molecular complexity index is 581. The van der Waals surface area contributed by atoms with Crippen LogP contribution in [0.15, 0.2) is 30.6 Å². The van der Waals surface area contributed by atoms with E-state index in [2.05, 4.69) is 36.2 Å². The van der Waals surface area contributed by atoms with E-state index in [9.17, 15) is 4.79 Å². The lowest BCUT2D eigenvalue weighted by Crippen LogP contribution is -2.14. The van der Waals surface area contributed by atoms with Gasteiger partial charge in [-0.15, -0.1) is 0 Å². The molecule has 19 heavy (non-hydrogen) atoms. The van der Waals surface area contributed by atoms with Gasteiger partial charge in [-0.05, 0) is 12.1 Å². The first-order valence-electron chi connectivity index (χ1n) is 6.14. The molecule has 0 aliphatic heterocycles. The van der Waals surface area contributed by atoms with Crippen LogP contribution < -0.4 is 5.32 Å². The minimum atomic E-state index is -0.184. The van der Waals surface area contributed by atoms with Gasteiger partial charge in [-0.3, -0.25) is 14.5 Å². The van der Waals surface area contributed by atoms with Crippen molar-refractivity contribution < 1.29 is 4.79 Å². The Morgan fingerprint density at radius 1 is 1.37 bits per heavy atom. The molecule has 0 unspecified atom stereocenters. The Morgan fingerprint density at radius 2 is 2.11 bits per heavy atom. The zero-order chi connectivity index (χ0) is 14.0. The van der Waals surface area contributed by atoms with Crippen molar-refractivity contribution in [3.63, 3.8) is 0 Å². The quantitative estimate of drug-likeness (QED) is 0.899. The SMILES string of the molecule is Cn1nc(C(C)(C)C)cc1NC(=O)c1cccnc1. The second-order valence-corrected chi connectivity index (χ2v) is 5.48. The van der Waals surface area contributed by atoms with Crippen LogP contribution in [0.1, 0.15) is 36.8 Å². The van der Waals surface area contributed by atoms with Gasteiger partial charge in [0.05, 0.1) is 11.3 Å². The van der Waals surface area contributed by atoms with Gasteiger partial charge in [-0.1, -0.05) is 20.8 Å². The number of aryl methyl sites for hydroxylation is 1. The lowest BCUT2D eigenvalue weighted by Gasteiger charge is -2.13. The maximum Gasteiger partial charge on any atom is 0.258 e. The summed E-state index contributed by atoms with van der Waals surface area (Å²) in [4.78, 5) is 16.0. The number of hydrogen-bond donors (Lipinski definition) is 1. The molecule has 0 saturated heterocycles. The fraction of sp³-hybridized carbons (Fsp3) is 0.357. The number of carbonyl (C=O) groups excluding carboxylic acids is 1. The number of amides is 1. The average Bonchev–Trinajstić information content (AvgIpc) is 2.72. The normalized spacial score (nSPS) is 11.4. The van der Waals surface area contributed by atoms with Crippen molar-refractivity contribution >= 4 is 11.7 Å². The van der Waals surface area contributed by atoms with E-state index in [1.807, 2.05) is 13.1 Å². The first-order valence-corrected chi connectivity index (χ1v) is 6.14. The largest absolute Gasteiger partial charge is 0.307 e. The van der Waals surface area contributed by atoms with E-state index < -0.39 is 0 Å². The molecule has 2 aromatic rings. The average molecular weight is 258 g/mol. The van der Waals surface area contributed by atoms with E-state index in [1.165, 1.54) is 6.20 Å². The molecule has 0 aromatic carbocycles. The number of pyridine rings is 1. The third kappa shape index (κ3) is 2.99. The first-order chi connectivity index (χ1) is 8.88. The summed E-state index contributed by atoms with van der Waals surface area (Å²) in [5.41, 5.74) is 1.42. The summed E-state index contributed by atoms with van der Waals surface area (Å²) in [6, 6.07) is 5.36. The van der Waals surface area contributed by atoms with Crippen LogP contribution >= 0.6 is 0 Å². The summed E-state index contributed by atoms with van der Waals surface area (Å²) in [5, 5.41) is 7.26. The smallest absolute Gasteiger partial charge is 0.258 e. The van der Waals surface area contributed by atoms with Gasteiger partial charge >= 0.3 is 0 Å². The summed E-state index contributed by atoms with van der Waals surface area (Å²) < 4.78 is 1.68. The molecule has 1 amide bonds. The molecular weight excluding hydrogens is 240 g/mol. The van der Waals surface area contributed by atoms with E-state index in [1.54, 1.807) is 23.0 Å². The van der Waals surface area contributed by atoms with Crippen LogP contribution in [-0.4, -0.2) is 20.7 Å². The maximum atomic E-state index is 12.0. The molecule has 0 bridgehead atoms. The second kappa shape index (κ2) is 4.84. The van der Waals surface area contributed by atoms with Crippen LogP contribution in [0.25, 0.3) is 0 Å². The van der Waals surface area contributed by atoms with Crippen LogP contribution in [-0.2, 0) is 12.5 Å². The van der Waals surface area contributed by atoms with Crippen molar-refractivity contribution in [1.29, 1.82) is 0 Å². The number of carbonyl (C=O) groups is 1. The Hall–Kier alpha value is -2.17. The number of hydrogen-bond acceptors (Lipinski definition) is 3. The van der Waals surface area contributed by atoms with Crippen LogP contribution in [0.5, 0.6) is 0 Å².